The molecule has 0 aliphatic carbocycles. The molecule has 2 N–H and O–H groups in total. The van der Waals surface area contributed by atoms with Gasteiger partial charge in [0.15, 0.2) is 9.84 Å². The highest BCUT2D eigenvalue weighted by Gasteiger charge is 2.16. The molecule has 0 rings (SSSR count). The van der Waals surface area contributed by atoms with Gasteiger partial charge in [0.1, 0.15) is 0 Å². The number of hydrogen-bond acceptors (Lipinski definition) is 3. The Hall–Kier alpha value is -0.0900. The molecule has 0 aromatic rings. The van der Waals surface area contributed by atoms with E-state index in [1.807, 2.05) is 6.92 Å². The SMILES string of the molecule is CCCS(=O)(=O)C(C)CN. The monoisotopic (exact) mass is 165 g/mol. The molecule has 0 saturated carbocycles. The average Bonchev–Trinajstić information content (AvgIpc) is 1.86. The summed E-state index contributed by atoms with van der Waals surface area (Å²) in [5.41, 5.74) is 5.21. The molecule has 0 saturated heterocycles. The molecule has 3 nitrogen and oxygen atoms in total. The van der Waals surface area contributed by atoms with Crippen LogP contribution in [0.3, 0.4) is 0 Å². The van der Waals surface area contributed by atoms with Gasteiger partial charge < -0.3 is 5.73 Å². The molecule has 4 heteroatoms. The Morgan fingerprint density at radius 1 is 1.50 bits per heavy atom. The smallest absolute Gasteiger partial charge is 0.154 e. The summed E-state index contributed by atoms with van der Waals surface area (Å²) in [6, 6.07) is 0. The first-order valence-electron chi connectivity index (χ1n) is 3.46. The maximum atomic E-state index is 11.1. The molecule has 10 heavy (non-hydrogen) atoms. The third-order valence-electron chi connectivity index (χ3n) is 1.43. The average molecular weight is 165 g/mol. The fourth-order valence-corrected chi connectivity index (χ4v) is 1.90. The highest BCUT2D eigenvalue weighted by Crippen LogP contribution is 2.01. The summed E-state index contributed by atoms with van der Waals surface area (Å²) >= 11 is 0. The van der Waals surface area contributed by atoms with Crippen molar-refractivity contribution < 1.29 is 8.42 Å². The van der Waals surface area contributed by atoms with Crippen molar-refractivity contribution in [3.63, 3.8) is 0 Å². The van der Waals surface area contributed by atoms with Crippen molar-refractivity contribution in [2.24, 2.45) is 5.73 Å². The summed E-state index contributed by atoms with van der Waals surface area (Å²) in [5.74, 6) is 0.255. The van der Waals surface area contributed by atoms with Gasteiger partial charge in [0.2, 0.25) is 0 Å². The second kappa shape index (κ2) is 3.93. The van der Waals surface area contributed by atoms with Crippen LogP contribution in [0.25, 0.3) is 0 Å². The van der Waals surface area contributed by atoms with Gasteiger partial charge in [-0.3, -0.25) is 0 Å². The molecule has 0 aromatic carbocycles. The van der Waals surface area contributed by atoms with Crippen LogP contribution in [0, 0.1) is 0 Å². The summed E-state index contributed by atoms with van der Waals surface area (Å²) in [6.45, 7) is 3.72. The van der Waals surface area contributed by atoms with E-state index in [2.05, 4.69) is 0 Å². The van der Waals surface area contributed by atoms with Crippen LogP contribution < -0.4 is 5.73 Å². The lowest BCUT2D eigenvalue weighted by Gasteiger charge is -2.07. The van der Waals surface area contributed by atoms with Crippen LogP contribution >= 0.6 is 0 Å². The molecule has 0 amide bonds. The predicted octanol–water partition coefficient (Wildman–Crippen LogP) is 0.158. The minimum Gasteiger partial charge on any atom is -0.329 e. The molecule has 0 bridgehead atoms. The lowest BCUT2D eigenvalue weighted by atomic mass is 10.5. The third-order valence-corrected chi connectivity index (χ3v) is 3.83. The Bertz CT molecular complexity index is 174. The van der Waals surface area contributed by atoms with Crippen molar-refractivity contribution in [2.75, 3.05) is 12.3 Å². The van der Waals surface area contributed by atoms with Gasteiger partial charge in [-0.1, -0.05) is 6.92 Å². The van der Waals surface area contributed by atoms with E-state index in [0.717, 1.165) is 0 Å². The first-order valence-corrected chi connectivity index (χ1v) is 5.17. The zero-order valence-corrected chi connectivity index (χ0v) is 7.32. The normalized spacial score (nSPS) is 15.1. The van der Waals surface area contributed by atoms with E-state index in [4.69, 9.17) is 5.73 Å². The van der Waals surface area contributed by atoms with E-state index >= 15 is 0 Å². The zero-order chi connectivity index (χ0) is 8.20. The second-order valence-corrected chi connectivity index (χ2v) is 4.95. The third kappa shape index (κ3) is 2.66. The Balaban J connectivity index is 4.12. The summed E-state index contributed by atoms with van der Waals surface area (Å²) in [5, 5.41) is -0.382. The van der Waals surface area contributed by atoms with Crippen LogP contribution in [0.4, 0.5) is 0 Å². The largest absolute Gasteiger partial charge is 0.329 e. The molecule has 0 aliphatic heterocycles. The van der Waals surface area contributed by atoms with Crippen LogP contribution in [-0.4, -0.2) is 26.0 Å². The Labute approximate surface area is 62.5 Å². The number of rotatable bonds is 4. The van der Waals surface area contributed by atoms with Gasteiger partial charge in [0.25, 0.3) is 0 Å². The Kier molecular flexibility index (Phi) is 3.89. The minimum atomic E-state index is -2.89. The molecule has 0 fully saturated rings. The Morgan fingerprint density at radius 3 is 2.30 bits per heavy atom. The summed E-state index contributed by atoms with van der Waals surface area (Å²) < 4.78 is 22.2. The van der Waals surface area contributed by atoms with Crippen LogP contribution in [-0.2, 0) is 9.84 Å². The molecular formula is C6H15NO2S. The van der Waals surface area contributed by atoms with Crippen LogP contribution in [0.1, 0.15) is 20.3 Å². The maximum absolute atomic E-state index is 11.1. The van der Waals surface area contributed by atoms with Gasteiger partial charge in [0, 0.05) is 6.54 Å². The Morgan fingerprint density at radius 2 is 2.00 bits per heavy atom. The quantitative estimate of drug-likeness (QED) is 0.645. The summed E-state index contributed by atoms with van der Waals surface area (Å²) in [7, 11) is -2.89. The van der Waals surface area contributed by atoms with Gasteiger partial charge in [-0.2, -0.15) is 0 Å². The highest BCUT2D eigenvalue weighted by atomic mass is 32.2. The lowest BCUT2D eigenvalue weighted by Crippen LogP contribution is -2.28. The fourth-order valence-electron chi connectivity index (χ4n) is 0.632. The fraction of sp³-hybridized carbons (Fsp3) is 1.00. The standard InChI is InChI=1S/C6H15NO2S/c1-3-4-10(8,9)6(2)5-7/h6H,3-5,7H2,1-2H3. The highest BCUT2D eigenvalue weighted by molar-refractivity contribution is 7.92. The summed E-state index contributed by atoms with van der Waals surface area (Å²) in [4.78, 5) is 0. The van der Waals surface area contributed by atoms with Crippen molar-refractivity contribution >= 4 is 9.84 Å². The van der Waals surface area contributed by atoms with Gasteiger partial charge >= 0.3 is 0 Å². The van der Waals surface area contributed by atoms with Crippen molar-refractivity contribution in [3.05, 3.63) is 0 Å². The number of sulfone groups is 1. The zero-order valence-electron chi connectivity index (χ0n) is 6.50. The molecule has 0 radical (unpaired) electrons. The van der Waals surface area contributed by atoms with E-state index in [1.165, 1.54) is 0 Å². The first kappa shape index (κ1) is 9.91. The first-order chi connectivity index (χ1) is 4.54. The van der Waals surface area contributed by atoms with Gasteiger partial charge in [-0.05, 0) is 13.3 Å². The van der Waals surface area contributed by atoms with Gasteiger partial charge in [-0.25, -0.2) is 8.42 Å². The van der Waals surface area contributed by atoms with E-state index in [-0.39, 0.29) is 17.5 Å². The van der Waals surface area contributed by atoms with Crippen molar-refractivity contribution in [1.82, 2.24) is 0 Å². The molecule has 62 valence electrons. The molecule has 0 aliphatic rings. The molecule has 1 atom stereocenters. The van der Waals surface area contributed by atoms with Crippen LogP contribution in [0.15, 0.2) is 0 Å². The summed E-state index contributed by atoms with van der Waals surface area (Å²) in [6.07, 6.45) is 0.673. The number of nitrogens with two attached hydrogens (primary N) is 1. The van der Waals surface area contributed by atoms with Crippen molar-refractivity contribution in [1.29, 1.82) is 0 Å². The van der Waals surface area contributed by atoms with E-state index in [0.29, 0.717) is 6.42 Å². The predicted molar refractivity (Wildman–Crippen MR) is 42.6 cm³/mol. The van der Waals surface area contributed by atoms with E-state index in [9.17, 15) is 8.42 Å². The van der Waals surface area contributed by atoms with Crippen LogP contribution in [0.2, 0.25) is 0 Å². The van der Waals surface area contributed by atoms with Gasteiger partial charge in [-0.15, -0.1) is 0 Å². The van der Waals surface area contributed by atoms with Gasteiger partial charge in [0.05, 0.1) is 11.0 Å². The number of hydrogen-bond donors (Lipinski definition) is 1. The molecule has 0 aromatic heterocycles. The second-order valence-electron chi connectivity index (χ2n) is 2.41. The van der Waals surface area contributed by atoms with Crippen molar-refractivity contribution in [2.45, 2.75) is 25.5 Å². The van der Waals surface area contributed by atoms with E-state index < -0.39 is 9.84 Å². The maximum Gasteiger partial charge on any atom is 0.154 e. The molecule has 0 heterocycles. The molecule has 0 spiro atoms. The topological polar surface area (TPSA) is 60.2 Å². The van der Waals surface area contributed by atoms with E-state index in [1.54, 1.807) is 6.92 Å². The van der Waals surface area contributed by atoms with Crippen molar-refractivity contribution in [3.8, 4) is 0 Å². The lowest BCUT2D eigenvalue weighted by molar-refractivity contribution is 0.582. The minimum absolute atomic E-state index is 0.225. The molecular weight excluding hydrogens is 150 g/mol. The van der Waals surface area contributed by atoms with Crippen LogP contribution in [0.5, 0.6) is 0 Å². The molecule has 1 unspecified atom stereocenters.